The first-order valence-electron chi connectivity index (χ1n) is 11.7. The van der Waals surface area contributed by atoms with Crippen molar-refractivity contribution in [3.8, 4) is 5.75 Å². The predicted molar refractivity (Wildman–Crippen MR) is 126 cm³/mol. The maximum atomic E-state index is 13.0. The van der Waals surface area contributed by atoms with Crippen molar-refractivity contribution < 1.29 is 19.4 Å². The summed E-state index contributed by atoms with van der Waals surface area (Å²) in [5.74, 6) is 0.846. The first-order chi connectivity index (χ1) is 16.0. The zero-order chi connectivity index (χ0) is 23.2. The lowest BCUT2D eigenvalue weighted by molar-refractivity contribution is -0.133. The Morgan fingerprint density at radius 2 is 1.79 bits per heavy atom. The van der Waals surface area contributed by atoms with Crippen LogP contribution in [0.2, 0.25) is 0 Å². The normalized spacial score (nSPS) is 21.7. The van der Waals surface area contributed by atoms with Gasteiger partial charge in [-0.05, 0) is 42.5 Å². The number of aliphatic hydroxyl groups excluding tert-OH is 1. The average molecular weight is 452 g/mol. The minimum atomic E-state index is -0.504. The quantitative estimate of drug-likeness (QED) is 0.673. The number of hydrogen-bond acceptors (Lipinski definition) is 5. The third-order valence-electron chi connectivity index (χ3n) is 6.71. The molecular weight excluding hydrogens is 418 g/mol. The van der Waals surface area contributed by atoms with E-state index >= 15 is 0 Å². The van der Waals surface area contributed by atoms with Crippen LogP contribution in [0.5, 0.6) is 5.75 Å². The third kappa shape index (κ3) is 5.92. The van der Waals surface area contributed by atoms with E-state index in [2.05, 4.69) is 10.2 Å². The van der Waals surface area contributed by atoms with Gasteiger partial charge in [-0.3, -0.25) is 14.5 Å². The molecule has 2 heterocycles. The third-order valence-corrected chi connectivity index (χ3v) is 6.71. The van der Waals surface area contributed by atoms with Crippen LogP contribution in [0.4, 0.5) is 0 Å². The first kappa shape index (κ1) is 23.3. The van der Waals surface area contributed by atoms with Gasteiger partial charge in [-0.2, -0.15) is 0 Å². The Morgan fingerprint density at radius 1 is 1.06 bits per heavy atom. The van der Waals surface area contributed by atoms with E-state index in [1.165, 1.54) is 0 Å². The minimum Gasteiger partial charge on any atom is -0.497 e. The van der Waals surface area contributed by atoms with Crippen LogP contribution in [-0.2, 0) is 22.6 Å². The van der Waals surface area contributed by atoms with E-state index in [-0.39, 0.29) is 23.9 Å². The molecule has 7 nitrogen and oxygen atoms in total. The fourth-order valence-corrected chi connectivity index (χ4v) is 4.92. The molecule has 2 amide bonds. The molecule has 2 aromatic carbocycles. The zero-order valence-corrected chi connectivity index (χ0v) is 19.2. The number of carbonyl (C=O) groups excluding carboxylic acids is 2. The van der Waals surface area contributed by atoms with E-state index in [4.69, 9.17) is 4.74 Å². The lowest BCUT2D eigenvalue weighted by atomic mass is 10.0. The summed E-state index contributed by atoms with van der Waals surface area (Å²) in [4.78, 5) is 29.7. The summed E-state index contributed by atoms with van der Waals surface area (Å²) >= 11 is 0. The zero-order valence-electron chi connectivity index (χ0n) is 19.2. The maximum Gasteiger partial charge on any atom is 0.237 e. The molecule has 0 radical (unpaired) electrons. The summed E-state index contributed by atoms with van der Waals surface area (Å²) in [6, 6.07) is 17.3. The molecule has 2 aliphatic rings. The van der Waals surface area contributed by atoms with E-state index in [1.54, 1.807) is 7.11 Å². The lowest BCUT2D eigenvalue weighted by Gasteiger charge is -2.39. The number of β-amino-alcohol motifs (C(OH)–C–C–N with tert-alkyl or cyclic N) is 1. The van der Waals surface area contributed by atoms with Gasteiger partial charge in [-0.1, -0.05) is 42.5 Å². The highest BCUT2D eigenvalue weighted by molar-refractivity contribution is 5.82. The van der Waals surface area contributed by atoms with E-state index < -0.39 is 6.10 Å². The van der Waals surface area contributed by atoms with Gasteiger partial charge in [0.05, 0.1) is 25.7 Å². The summed E-state index contributed by atoms with van der Waals surface area (Å²) in [5, 5.41) is 13.3. The van der Waals surface area contributed by atoms with Crippen LogP contribution < -0.4 is 10.1 Å². The van der Waals surface area contributed by atoms with Crippen molar-refractivity contribution in [2.75, 3.05) is 26.7 Å². The number of nitrogens with one attached hydrogen (secondary N) is 1. The molecule has 33 heavy (non-hydrogen) atoms. The Hall–Kier alpha value is -2.90. The summed E-state index contributed by atoms with van der Waals surface area (Å²) < 4.78 is 5.25. The molecule has 2 fully saturated rings. The molecule has 0 spiro atoms. The monoisotopic (exact) mass is 451 g/mol. The van der Waals surface area contributed by atoms with Crippen LogP contribution in [0.3, 0.4) is 0 Å². The van der Waals surface area contributed by atoms with Gasteiger partial charge in [-0.15, -0.1) is 0 Å². The average Bonchev–Trinajstić information content (AvgIpc) is 3.25. The van der Waals surface area contributed by atoms with Gasteiger partial charge in [-0.25, -0.2) is 0 Å². The molecule has 0 bridgehead atoms. The highest BCUT2D eigenvalue weighted by atomic mass is 16.5. The summed E-state index contributed by atoms with van der Waals surface area (Å²) in [6.07, 6.45) is 1.98. The van der Waals surface area contributed by atoms with Gasteiger partial charge in [0.2, 0.25) is 11.8 Å². The van der Waals surface area contributed by atoms with Crippen LogP contribution >= 0.6 is 0 Å². The molecule has 2 aliphatic heterocycles. The SMILES string of the molecule is COc1cccc(CNC(=O)[C@@H]2C[C@@H](O)CN2C2CCN(C(=O)Cc3ccccc3)CC2)c1. The largest absolute Gasteiger partial charge is 0.497 e. The lowest BCUT2D eigenvalue weighted by Crippen LogP contribution is -2.52. The van der Waals surface area contributed by atoms with Gasteiger partial charge >= 0.3 is 0 Å². The number of methoxy groups -OCH3 is 1. The van der Waals surface area contributed by atoms with Crippen LogP contribution in [0, 0.1) is 0 Å². The second-order valence-corrected chi connectivity index (χ2v) is 8.95. The Labute approximate surface area is 195 Å². The molecule has 0 saturated carbocycles. The van der Waals surface area contributed by atoms with Crippen molar-refractivity contribution in [2.24, 2.45) is 0 Å². The van der Waals surface area contributed by atoms with E-state index in [9.17, 15) is 14.7 Å². The van der Waals surface area contributed by atoms with Crippen LogP contribution in [-0.4, -0.2) is 71.7 Å². The Morgan fingerprint density at radius 3 is 2.52 bits per heavy atom. The predicted octanol–water partition coefficient (Wildman–Crippen LogP) is 1.98. The molecule has 2 atom stereocenters. The van der Waals surface area contributed by atoms with Gasteiger partial charge in [0.1, 0.15) is 5.75 Å². The van der Waals surface area contributed by atoms with Crippen molar-refractivity contribution >= 4 is 11.8 Å². The number of nitrogens with zero attached hydrogens (tertiary/aromatic N) is 2. The van der Waals surface area contributed by atoms with Crippen molar-refractivity contribution in [3.05, 3.63) is 65.7 Å². The molecule has 4 rings (SSSR count). The molecular formula is C26H33N3O4. The van der Waals surface area contributed by atoms with E-state index in [1.807, 2.05) is 59.5 Å². The topological polar surface area (TPSA) is 82.1 Å². The number of likely N-dealkylation sites (tertiary alicyclic amines) is 2. The van der Waals surface area contributed by atoms with Crippen LogP contribution in [0.25, 0.3) is 0 Å². The number of ether oxygens (including phenoxy) is 1. The fraction of sp³-hybridized carbons (Fsp3) is 0.462. The number of hydrogen-bond donors (Lipinski definition) is 2. The fourth-order valence-electron chi connectivity index (χ4n) is 4.92. The number of piperidine rings is 1. The highest BCUT2D eigenvalue weighted by Gasteiger charge is 2.40. The minimum absolute atomic E-state index is 0.0584. The van der Waals surface area contributed by atoms with E-state index in [0.717, 1.165) is 29.7 Å². The Balaban J connectivity index is 1.30. The molecule has 7 heteroatoms. The molecule has 0 aromatic heterocycles. The summed E-state index contributed by atoms with van der Waals surface area (Å²) in [7, 11) is 1.62. The Bertz CT molecular complexity index is 944. The molecule has 2 saturated heterocycles. The highest BCUT2D eigenvalue weighted by Crippen LogP contribution is 2.27. The number of rotatable bonds is 7. The summed E-state index contributed by atoms with van der Waals surface area (Å²) in [5.41, 5.74) is 2.00. The van der Waals surface area contributed by atoms with Crippen molar-refractivity contribution in [3.63, 3.8) is 0 Å². The van der Waals surface area contributed by atoms with Crippen LogP contribution in [0.1, 0.15) is 30.4 Å². The first-order valence-corrected chi connectivity index (χ1v) is 11.7. The van der Waals surface area contributed by atoms with Gasteiger partial charge < -0.3 is 20.1 Å². The second kappa shape index (κ2) is 10.8. The van der Waals surface area contributed by atoms with Gasteiger partial charge in [0, 0.05) is 32.2 Å². The van der Waals surface area contributed by atoms with Crippen molar-refractivity contribution in [1.29, 1.82) is 0 Å². The second-order valence-electron chi connectivity index (χ2n) is 8.95. The van der Waals surface area contributed by atoms with Crippen LogP contribution in [0.15, 0.2) is 54.6 Å². The molecule has 176 valence electrons. The van der Waals surface area contributed by atoms with Gasteiger partial charge in [0.15, 0.2) is 0 Å². The Kier molecular flexibility index (Phi) is 7.62. The number of benzene rings is 2. The standard InChI is InChI=1S/C26H33N3O4/c1-33-23-9-5-8-20(14-23)17-27-26(32)24-16-22(30)18-29(24)21-10-12-28(13-11-21)25(31)15-19-6-3-2-4-7-19/h2-9,14,21-22,24,30H,10-13,15-18H2,1H3,(H,27,32)/t22-,24+/m1/s1. The molecule has 0 aliphatic carbocycles. The van der Waals surface area contributed by atoms with Gasteiger partial charge in [0.25, 0.3) is 0 Å². The van der Waals surface area contributed by atoms with E-state index in [0.29, 0.717) is 39.0 Å². The number of carbonyl (C=O) groups is 2. The molecule has 0 unspecified atom stereocenters. The van der Waals surface area contributed by atoms with Crippen molar-refractivity contribution in [1.82, 2.24) is 15.1 Å². The molecule has 2 aromatic rings. The smallest absolute Gasteiger partial charge is 0.237 e. The number of aliphatic hydroxyl groups is 1. The number of amides is 2. The summed E-state index contributed by atoms with van der Waals surface area (Å²) in [6.45, 7) is 2.28. The molecule has 2 N–H and O–H groups in total. The maximum absolute atomic E-state index is 13.0. The van der Waals surface area contributed by atoms with Crippen molar-refractivity contribution in [2.45, 2.75) is 50.4 Å².